The number of carboxylic acids is 1. The van der Waals surface area contributed by atoms with E-state index in [0.29, 0.717) is 30.2 Å². The molecular weight excluding hydrogens is 436 g/mol. The molecule has 0 radical (unpaired) electrons. The number of pyridine rings is 1. The summed E-state index contributed by atoms with van der Waals surface area (Å²) in [6.07, 6.45) is 1.50. The third-order valence-corrected chi connectivity index (χ3v) is 6.18. The molecule has 4 rings (SSSR count). The van der Waals surface area contributed by atoms with Gasteiger partial charge in [0.25, 0.3) is 5.91 Å². The number of hydrogen-bond acceptors (Lipinski definition) is 6. The van der Waals surface area contributed by atoms with Crippen molar-refractivity contribution in [2.75, 3.05) is 20.8 Å². The number of carbonyl (C=O) groups is 2. The van der Waals surface area contributed by atoms with Crippen molar-refractivity contribution in [1.82, 2.24) is 10.3 Å². The molecule has 1 fully saturated rings. The van der Waals surface area contributed by atoms with Gasteiger partial charge in [0, 0.05) is 18.4 Å². The Kier molecular flexibility index (Phi) is 6.70. The van der Waals surface area contributed by atoms with Gasteiger partial charge in [0.05, 0.1) is 31.0 Å². The molecule has 3 aromatic rings. The van der Waals surface area contributed by atoms with Crippen molar-refractivity contribution in [3.05, 3.63) is 54.1 Å². The minimum atomic E-state index is -1.09. The first-order valence-electron chi connectivity index (χ1n) is 11.1. The molecule has 1 aliphatic rings. The van der Waals surface area contributed by atoms with E-state index in [9.17, 15) is 14.7 Å². The van der Waals surface area contributed by atoms with Crippen LogP contribution >= 0.6 is 0 Å². The number of aliphatic carboxylic acids is 1. The molecule has 2 heterocycles. The predicted octanol–water partition coefficient (Wildman–Crippen LogP) is 3.60. The van der Waals surface area contributed by atoms with Gasteiger partial charge in [0.2, 0.25) is 0 Å². The van der Waals surface area contributed by atoms with E-state index in [1.807, 2.05) is 48.5 Å². The van der Waals surface area contributed by atoms with Crippen LogP contribution in [0.1, 0.15) is 25.3 Å². The number of aromatic nitrogens is 1. The van der Waals surface area contributed by atoms with Crippen LogP contribution in [0.4, 0.5) is 0 Å². The fourth-order valence-electron chi connectivity index (χ4n) is 4.25. The Morgan fingerprint density at radius 3 is 2.50 bits per heavy atom. The quantitative estimate of drug-likeness (QED) is 0.525. The summed E-state index contributed by atoms with van der Waals surface area (Å²) in [6, 6.07) is 13.9. The van der Waals surface area contributed by atoms with Crippen molar-refractivity contribution in [2.45, 2.75) is 37.8 Å². The molecule has 34 heavy (non-hydrogen) atoms. The van der Waals surface area contributed by atoms with Gasteiger partial charge < -0.3 is 24.6 Å². The number of rotatable bonds is 8. The van der Waals surface area contributed by atoms with Crippen LogP contribution < -0.4 is 14.8 Å². The molecule has 0 bridgehead atoms. The highest BCUT2D eigenvalue weighted by Crippen LogP contribution is 2.37. The largest absolute Gasteiger partial charge is 0.496 e. The lowest BCUT2D eigenvalue weighted by molar-refractivity contribution is -0.147. The average molecular weight is 465 g/mol. The Morgan fingerprint density at radius 1 is 1.15 bits per heavy atom. The van der Waals surface area contributed by atoms with Crippen molar-refractivity contribution in [3.8, 4) is 22.8 Å². The van der Waals surface area contributed by atoms with Crippen LogP contribution in [-0.2, 0) is 20.7 Å². The molecule has 2 N–H and O–H groups in total. The van der Waals surface area contributed by atoms with Gasteiger partial charge in [0.15, 0.2) is 0 Å². The van der Waals surface area contributed by atoms with Crippen molar-refractivity contribution in [1.29, 1.82) is 0 Å². The van der Waals surface area contributed by atoms with Gasteiger partial charge in [-0.25, -0.2) is 9.78 Å². The zero-order valence-electron chi connectivity index (χ0n) is 19.5. The maximum Gasteiger partial charge on any atom is 0.326 e. The molecule has 2 atom stereocenters. The van der Waals surface area contributed by atoms with Crippen molar-refractivity contribution in [3.63, 3.8) is 0 Å². The molecule has 0 spiro atoms. The number of nitrogens with zero attached hydrogens (tertiary/aromatic N) is 1. The van der Waals surface area contributed by atoms with Crippen LogP contribution in [0.15, 0.2) is 48.5 Å². The summed E-state index contributed by atoms with van der Waals surface area (Å²) >= 11 is 0. The molecule has 8 heteroatoms. The molecule has 1 amide bonds. The maximum atomic E-state index is 12.6. The van der Waals surface area contributed by atoms with Crippen LogP contribution in [0.5, 0.6) is 11.5 Å². The van der Waals surface area contributed by atoms with E-state index in [-0.39, 0.29) is 6.42 Å². The Hall–Kier alpha value is -3.65. The van der Waals surface area contributed by atoms with E-state index in [0.717, 1.165) is 28.5 Å². The Morgan fingerprint density at radius 2 is 1.88 bits per heavy atom. The molecule has 178 valence electrons. The van der Waals surface area contributed by atoms with Gasteiger partial charge in [-0.1, -0.05) is 18.2 Å². The number of benzene rings is 2. The number of amides is 1. The van der Waals surface area contributed by atoms with Gasteiger partial charge in [-0.15, -0.1) is 0 Å². The lowest BCUT2D eigenvalue weighted by Gasteiger charge is -2.24. The van der Waals surface area contributed by atoms with Crippen molar-refractivity contribution < 1.29 is 28.9 Å². The molecule has 1 aliphatic heterocycles. The van der Waals surface area contributed by atoms with E-state index >= 15 is 0 Å². The summed E-state index contributed by atoms with van der Waals surface area (Å²) < 4.78 is 16.5. The monoisotopic (exact) mass is 464 g/mol. The molecule has 2 aromatic carbocycles. The van der Waals surface area contributed by atoms with Gasteiger partial charge in [-0.3, -0.25) is 4.79 Å². The Labute approximate surface area is 197 Å². The summed E-state index contributed by atoms with van der Waals surface area (Å²) in [4.78, 5) is 29.2. The molecule has 0 saturated carbocycles. The smallest absolute Gasteiger partial charge is 0.326 e. The number of carboxylic acid groups (broad SMARTS) is 1. The number of hydrogen-bond donors (Lipinski definition) is 2. The topological polar surface area (TPSA) is 107 Å². The van der Waals surface area contributed by atoms with E-state index in [1.54, 1.807) is 21.1 Å². The van der Waals surface area contributed by atoms with Crippen molar-refractivity contribution in [2.24, 2.45) is 0 Å². The summed E-state index contributed by atoms with van der Waals surface area (Å²) in [5.74, 6) is -0.173. The SMILES string of the molecule is COc1cccc(OC)c1-c1ccc2cc(C[C@H](NC(=O)[C@]3(C)CCCO3)C(=O)O)ccc2n1. The summed E-state index contributed by atoms with van der Waals surface area (Å²) in [5, 5.41) is 13.2. The van der Waals surface area contributed by atoms with Crippen molar-refractivity contribution >= 4 is 22.8 Å². The van der Waals surface area contributed by atoms with Crippen LogP contribution in [0, 0.1) is 0 Å². The maximum absolute atomic E-state index is 12.6. The predicted molar refractivity (Wildman–Crippen MR) is 127 cm³/mol. The highest BCUT2D eigenvalue weighted by Gasteiger charge is 2.39. The lowest BCUT2D eigenvalue weighted by atomic mass is 9.99. The second-order valence-corrected chi connectivity index (χ2v) is 8.51. The Bertz CT molecular complexity index is 1200. The van der Waals surface area contributed by atoms with Gasteiger partial charge in [-0.05, 0) is 55.7 Å². The molecule has 8 nitrogen and oxygen atoms in total. The van der Waals surface area contributed by atoms with Crippen LogP contribution in [-0.4, -0.2) is 54.4 Å². The molecular formula is C26H28N2O6. The standard InChI is InChI=1S/C26H28N2O6/c1-26(12-5-13-34-26)25(31)28-20(24(29)30)15-16-8-10-18-17(14-16)9-11-19(27-18)23-21(32-2)6-4-7-22(23)33-3/h4,6-11,14,20H,5,12-13,15H2,1-3H3,(H,28,31)(H,29,30)/t20-,26-/m0/s1. The zero-order valence-corrected chi connectivity index (χ0v) is 19.5. The molecule has 1 aromatic heterocycles. The van der Waals surface area contributed by atoms with E-state index in [4.69, 9.17) is 19.2 Å². The van der Waals surface area contributed by atoms with E-state index in [1.165, 1.54) is 0 Å². The fourth-order valence-corrected chi connectivity index (χ4v) is 4.25. The fraction of sp³-hybridized carbons (Fsp3) is 0.346. The Balaban J connectivity index is 1.58. The number of nitrogens with one attached hydrogen (secondary N) is 1. The summed E-state index contributed by atoms with van der Waals surface area (Å²) in [5.41, 5.74) is 2.01. The second kappa shape index (κ2) is 9.69. The summed E-state index contributed by atoms with van der Waals surface area (Å²) in [6.45, 7) is 2.20. The number of ether oxygens (including phenoxy) is 3. The highest BCUT2D eigenvalue weighted by molar-refractivity contribution is 5.89. The number of carbonyl (C=O) groups excluding carboxylic acids is 1. The summed E-state index contributed by atoms with van der Waals surface area (Å²) in [7, 11) is 3.20. The molecule has 0 unspecified atom stereocenters. The third kappa shape index (κ3) is 4.68. The normalized spacial score (nSPS) is 18.4. The number of fused-ring (bicyclic) bond motifs is 1. The first-order valence-corrected chi connectivity index (χ1v) is 11.1. The van der Waals surface area contributed by atoms with Gasteiger partial charge in [0.1, 0.15) is 23.1 Å². The van der Waals surface area contributed by atoms with Gasteiger partial charge >= 0.3 is 5.97 Å². The van der Waals surface area contributed by atoms with E-state index < -0.39 is 23.5 Å². The minimum absolute atomic E-state index is 0.148. The third-order valence-electron chi connectivity index (χ3n) is 6.18. The first kappa shape index (κ1) is 23.5. The first-order chi connectivity index (χ1) is 16.3. The van der Waals surface area contributed by atoms with Crippen LogP contribution in [0.2, 0.25) is 0 Å². The molecule has 0 aliphatic carbocycles. The van der Waals surface area contributed by atoms with E-state index in [2.05, 4.69) is 5.32 Å². The zero-order chi connectivity index (χ0) is 24.3. The molecule has 1 saturated heterocycles. The van der Waals surface area contributed by atoms with Crippen LogP contribution in [0.3, 0.4) is 0 Å². The number of methoxy groups -OCH3 is 2. The second-order valence-electron chi connectivity index (χ2n) is 8.51. The van der Waals surface area contributed by atoms with Crippen LogP contribution in [0.25, 0.3) is 22.2 Å². The lowest BCUT2D eigenvalue weighted by Crippen LogP contribution is -2.51. The average Bonchev–Trinajstić information content (AvgIpc) is 3.30. The minimum Gasteiger partial charge on any atom is -0.496 e. The highest BCUT2D eigenvalue weighted by atomic mass is 16.5. The van der Waals surface area contributed by atoms with Gasteiger partial charge in [-0.2, -0.15) is 0 Å².